The quantitative estimate of drug-likeness (QED) is 0.612. The van der Waals surface area contributed by atoms with Crippen LogP contribution in [0.4, 0.5) is 0 Å². The molecule has 2 aromatic heterocycles. The van der Waals surface area contributed by atoms with Gasteiger partial charge in [0, 0.05) is 5.69 Å². The second-order valence-electron chi connectivity index (χ2n) is 6.50. The SMILES string of the molecule is CCCc1cc(C(=O)NC(c2nc3ccccc3[nH]2)C(C)CC)n[nH]1. The summed E-state index contributed by atoms with van der Waals surface area (Å²) in [7, 11) is 0. The molecular weight excluding hydrogens is 314 g/mol. The fourth-order valence-corrected chi connectivity index (χ4v) is 2.93. The van der Waals surface area contributed by atoms with Gasteiger partial charge in [-0.15, -0.1) is 0 Å². The van der Waals surface area contributed by atoms with Gasteiger partial charge in [-0.2, -0.15) is 5.10 Å². The van der Waals surface area contributed by atoms with Gasteiger partial charge in [-0.25, -0.2) is 4.98 Å². The van der Waals surface area contributed by atoms with Crippen molar-refractivity contribution in [2.75, 3.05) is 0 Å². The van der Waals surface area contributed by atoms with Crippen LogP contribution in [0.25, 0.3) is 11.0 Å². The molecule has 0 aliphatic rings. The Kier molecular flexibility index (Phi) is 5.16. The summed E-state index contributed by atoms with van der Waals surface area (Å²) >= 11 is 0. The van der Waals surface area contributed by atoms with Gasteiger partial charge < -0.3 is 10.3 Å². The Morgan fingerprint density at radius 3 is 2.80 bits per heavy atom. The number of carbonyl (C=O) groups is 1. The van der Waals surface area contributed by atoms with Gasteiger partial charge in [-0.05, 0) is 30.5 Å². The zero-order valence-corrected chi connectivity index (χ0v) is 15.0. The lowest BCUT2D eigenvalue weighted by atomic mass is 9.98. The molecule has 1 amide bonds. The molecule has 2 unspecified atom stereocenters. The summed E-state index contributed by atoms with van der Waals surface area (Å²) in [6.07, 6.45) is 2.83. The van der Waals surface area contributed by atoms with Crippen LogP contribution in [0.3, 0.4) is 0 Å². The molecule has 0 aliphatic heterocycles. The van der Waals surface area contributed by atoms with E-state index in [9.17, 15) is 4.79 Å². The van der Waals surface area contributed by atoms with Crippen molar-refractivity contribution in [1.82, 2.24) is 25.5 Å². The molecule has 6 heteroatoms. The standard InChI is InChI=1S/C19H25N5O/c1-4-8-13-11-16(24-23-13)19(25)22-17(12(3)5-2)18-20-14-9-6-7-10-15(14)21-18/h6-7,9-12,17H,4-5,8H2,1-3H3,(H,20,21)(H,22,25)(H,23,24). The van der Waals surface area contributed by atoms with Crippen molar-refractivity contribution in [3.05, 3.63) is 47.5 Å². The van der Waals surface area contributed by atoms with Crippen molar-refractivity contribution < 1.29 is 4.79 Å². The number of hydrogen-bond acceptors (Lipinski definition) is 3. The molecule has 1 aromatic carbocycles. The van der Waals surface area contributed by atoms with E-state index in [0.717, 1.165) is 41.8 Å². The number of imidazole rings is 1. The van der Waals surface area contributed by atoms with Crippen LogP contribution in [0.15, 0.2) is 30.3 Å². The Labute approximate surface area is 147 Å². The van der Waals surface area contributed by atoms with Gasteiger partial charge in [0.15, 0.2) is 0 Å². The van der Waals surface area contributed by atoms with E-state index in [1.807, 2.05) is 30.3 Å². The van der Waals surface area contributed by atoms with Crippen LogP contribution >= 0.6 is 0 Å². The maximum absolute atomic E-state index is 12.6. The lowest BCUT2D eigenvalue weighted by Crippen LogP contribution is -2.33. The summed E-state index contributed by atoms with van der Waals surface area (Å²) in [4.78, 5) is 20.7. The molecule has 6 nitrogen and oxygen atoms in total. The first-order valence-corrected chi connectivity index (χ1v) is 8.92. The second kappa shape index (κ2) is 7.51. The Morgan fingerprint density at radius 1 is 1.28 bits per heavy atom. The van der Waals surface area contributed by atoms with Crippen LogP contribution < -0.4 is 5.32 Å². The monoisotopic (exact) mass is 339 g/mol. The Balaban J connectivity index is 1.84. The molecule has 132 valence electrons. The predicted octanol–water partition coefficient (Wildman–Crippen LogP) is 3.76. The van der Waals surface area contributed by atoms with Crippen LogP contribution in [0.1, 0.15) is 61.7 Å². The van der Waals surface area contributed by atoms with Crippen LogP contribution in [0.5, 0.6) is 0 Å². The number of nitrogens with zero attached hydrogens (tertiary/aromatic N) is 2. The third kappa shape index (κ3) is 3.73. The zero-order valence-electron chi connectivity index (χ0n) is 15.0. The third-order valence-corrected chi connectivity index (χ3v) is 4.58. The van der Waals surface area contributed by atoms with E-state index in [2.05, 4.69) is 46.3 Å². The van der Waals surface area contributed by atoms with Crippen molar-refractivity contribution in [2.24, 2.45) is 5.92 Å². The van der Waals surface area contributed by atoms with E-state index >= 15 is 0 Å². The summed E-state index contributed by atoms with van der Waals surface area (Å²) in [6, 6.07) is 9.53. The lowest BCUT2D eigenvalue weighted by Gasteiger charge is -2.22. The van der Waals surface area contributed by atoms with Crippen molar-refractivity contribution >= 4 is 16.9 Å². The van der Waals surface area contributed by atoms with Gasteiger partial charge in [0.25, 0.3) is 5.91 Å². The highest BCUT2D eigenvalue weighted by Crippen LogP contribution is 2.25. The molecule has 0 fully saturated rings. The summed E-state index contributed by atoms with van der Waals surface area (Å²) < 4.78 is 0. The highest BCUT2D eigenvalue weighted by molar-refractivity contribution is 5.92. The fourth-order valence-electron chi connectivity index (χ4n) is 2.93. The molecule has 2 atom stereocenters. The topological polar surface area (TPSA) is 86.5 Å². The number of hydrogen-bond donors (Lipinski definition) is 3. The van der Waals surface area contributed by atoms with Crippen molar-refractivity contribution in [2.45, 2.75) is 46.1 Å². The van der Waals surface area contributed by atoms with Gasteiger partial charge in [0.1, 0.15) is 11.5 Å². The molecule has 3 rings (SSSR count). The Hall–Kier alpha value is -2.63. The van der Waals surface area contributed by atoms with Gasteiger partial charge in [-0.3, -0.25) is 9.89 Å². The van der Waals surface area contributed by atoms with Crippen molar-refractivity contribution in [1.29, 1.82) is 0 Å². The number of para-hydroxylation sites is 2. The number of amides is 1. The molecule has 0 spiro atoms. The number of aryl methyl sites for hydroxylation is 1. The van der Waals surface area contributed by atoms with Crippen LogP contribution in [-0.2, 0) is 6.42 Å². The normalized spacial score (nSPS) is 13.7. The molecule has 0 saturated heterocycles. The Morgan fingerprint density at radius 2 is 2.08 bits per heavy atom. The van der Waals surface area contributed by atoms with Crippen molar-refractivity contribution in [3.8, 4) is 0 Å². The molecule has 0 aliphatic carbocycles. The first-order valence-electron chi connectivity index (χ1n) is 8.92. The minimum Gasteiger partial charge on any atom is -0.340 e. The fraction of sp³-hybridized carbons (Fsp3) is 0.421. The number of aromatic amines is 2. The van der Waals surface area contributed by atoms with Gasteiger partial charge >= 0.3 is 0 Å². The van der Waals surface area contributed by atoms with E-state index in [4.69, 9.17) is 0 Å². The first-order chi connectivity index (χ1) is 12.1. The highest BCUT2D eigenvalue weighted by atomic mass is 16.2. The minimum absolute atomic E-state index is 0.177. The third-order valence-electron chi connectivity index (χ3n) is 4.58. The van der Waals surface area contributed by atoms with E-state index < -0.39 is 0 Å². The Bertz CT molecular complexity index is 817. The predicted molar refractivity (Wildman–Crippen MR) is 98.3 cm³/mol. The maximum atomic E-state index is 12.6. The van der Waals surface area contributed by atoms with Gasteiger partial charge in [-0.1, -0.05) is 45.7 Å². The number of H-pyrrole nitrogens is 2. The summed E-state index contributed by atoms with van der Waals surface area (Å²) in [5, 5.41) is 10.2. The lowest BCUT2D eigenvalue weighted by molar-refractivity contribution is 0.0915. The van der Waals surface area contributed by atoms with E-state index in [1.165, 1.54) is 0 Å². The number of rotatable bonds is 7. The number of aromatic nitrogens is 4. The van der Waals surface area contributed by atoms with E-state index in [1.54, 1.807) is 0 Å². The summed E-state index contributed by atoms with van der Waals surface area (Å²) in [5.41, 5.74) is 3.29. The molecule has 25 heavy (non-hydrogen) atoms. The summed E-state index contributed by atoms with van der Waals surface area (Å²) in [5.74, 6) is 0.858. The molecule has 0 bridgehead atoms. The molecule has 3 N–H and O–H groups in total. The molecular formula is C19H25N5O. The second-order valence-corrected chi connectivity index (χ2v) is 6.50. The molecule has 0 radical (unpaired) electrons. The van der Waals surface area contributed by atoms with Gasteiger partial charge in [0.2, 0.25) is 0 Å². The average molecular weight is 339 g/mol. The largest absolute Gasteiger partial charge is 0.340 e. The molecule has 2 heterocycles. The smallest absolute Gasteiger partial charge is 0.272 e. The number of fused-ring (bicyclic) bond motifs is 1. The maximum Gasteiger partial charge on any atom is 0.272 e. The van der Waals surface area contributed by atoms with E-state index in [-0.39, 0.29) is 17.9 Å². The van der Waals surface area contributed by atoms with Gasteiger partial charge in [0.05, 0.1) is 17.1 Å². The van der Waals surface area contributed by atoms with E-state index in [0.29, 0.717) is 5.69 Å². The number of nitrogens with one attached hydrogen (secondary N) is 3. The number of benzene rings is 1. The highest BCUT2D eigenvalue weighted by Gasteiger charge is 2.25. The van der Waals surface area contributed by atoms with Crippen molar-refractivity contribution in [3.63, 3.8) is 0 Å². The van der Waals surface area contributed by atoms with Crippen LogP contribution in [0, 0.1) is 5.92 Å². The zero-order chi connectivity index (χ0) is 17.8. The van der Waals surface area contributed by atoms with Crippen LogP contribution in [-0.4, -0.2) is 26.1 Å². The average Bonchev–Trinajstić information content (AvgIpc) is 3.25. The summed E-state index contributed by atoms with van der Waals surface area (Å²) in [6.45, 7) is 6.33. The number of carbonyl (C=O) groups excluding carboxylic acids is 1. The first kappa shape index (κ1) is 17.2. The molecule has 0 saturated carbocycles. The minimum atomic E-state index is -0.184. The van der Waals surface area contributed by atoms with Crippen LogP contribution in [0.2, 0.25) is 0 Å². The molecule has 3 aromatic rings.